The first-order chi connectivity index (χ1) is 14.2. The molecular weight excluding hydrogens is 408 g/mol. The molecule has 1 N–H and O–H groups in total. The number of halogens is 1. The number of anilines is 1. The minimum Gasteiger partial charge on any atom is -0.454 e. The summed E-state index contributed by atoms with van der Waals surface area (Å²) in [4.78, 5) is 15.5. The SMILES string of the molecule is Cc1sc2nc(-c3cccnc3)nc(NCCc3ccc4c(c3)OCO4)c2c1Cl. The van der Waals surface area contributed by atoms with Gasteiger partial charge in [0.1, 0.15) is 10.6 Å². The quantitative estimate of drug-likeness (QED) is 0.480. The van der Waals surface area contributed by atoms with Gasteiger partial charge in [0.15, 0.2) is 17.3 Å². The van der Waals surface area contributed by atoms with Crippen LogP contribution < -0.4 is 14.8 Å². The van der Waals surface area contributed by atoms with Crippen LogP contribution in [0.15, 0.2) is 42.7 Å². The van der Waals surface area contributed by atoms with Crippen LogP contribution in [0.5, 0.6) is 11.5 Å². The van der Waals surface area contributed by atoms with Crippen molar-refractivity contribution in [2.75, 3.05) is 18.7 Å². The number of aromatic nitrogens is 3. The Bertz CT molecular complexity index is 1200. The second kappa shape index (κ2) is 7.50. The Morgan fingerprint density at radius 2 is 2.07 bits per heavy atom. The normalized spacial score (nSPS) is 12.5. The Labute approximate surface area is 176 Å². The van der Waals surface area contributed by atoms with E-state index in [1.807, 2.05) is 37.3 Å². The van der Waals surface area contributed by atoms with Gasteiger partial charge in [0.25, 0.3) is 0 Å². The van der Waals surface area contributed by atoms with E-state index in [0.29, 0.717) is 17.4 Å². The van der Waals surface area contributed by atoms with Crippen molar-refractivity contribution in [3.05, 3.63) is 58.2 Å². The summed E-state index contributed by atoms with van der Waals surface area (Å²) in [6.07, 6.45) is 4.31. The summed E-state index contributed by atoms with van der Waals surface area (Å²) in [5.74, 6) is 2.96. The molecule has 5 rings (SSSR count). The van der Waals surface area contributed by atoms with Gasteiger partial charge in [0.05, 0.1) is 10.4 Å². The largest absolute Gasteiger partial charge is 0.454 e. The third-order valence-electron chi connectivity index (χ3n) is 4.72. The minimum atomic E-state index is 0.281. The number of pyridine rings is 1. The molecule has 1 aromatic carbocycles. The number of hydrogen-bond acceptors (Lipinski definition) is 7. The van der Waals surface area contributed by atoms with Crippen molar-refractivity contribution >= 4 is 39.0 Å². The van der Waals surface area contributed by atoms with Gasteiger partial charge in [-0.05, 0) is 43.2 Å². The molecule has 1 aliphatic rings. The lowest BCUT2D eigenvalue weighted by Crippen LogP contribution is -2.08. The molecule has 146 valence electrons. The van der Waals surface area contributed by atoms with Gasteiger partial charge >= 0.3 is 0 Å². The second-order valence-electron chi connectivity index (χ2n) is 6.65. The summed E-state index contributed by atoms with van der Waals surface area (Å²) in [6, 6.07) is 9.84. The molecule has 1 aliphatic heterocycles. The van der Waals surface area contributed by atoms with Crippen LogP contribution in [0.4, 0.5) is 5.82 Å². The topological polar surface area (TPSA) is 69.2 Å². The van der Waals surface area contributed by atoms with Crippen LogP contribution in [0.3, 0.4) is 0 Å². The van der Waals surface area contributed by atoms with Crippen molar-refractivity contribution in [1.82, 2.24) is 15.0 Å². The number of hydrogen-bond donors (Lipinski definition) is 1. The summed E-state index contributed by atoms with van der Waals surface area (Å²) in [6.45, 7) is 2.97. The molecule has 0 radical (unpaired) electrons. The van der Waals surface area contributed by atoms with E-state index >= 15 is 0 Å². The summed E-state index contributed by atoms with van der Waals surface area (Å²) >= 11 is 8.12. The van der Waals surface area contributed by atoms with Gasteiger partial charge in [0, 0.05) is 29.4 Å². The fraction of sp³-hybridized carbons (Fsp3) is 0.190. The van der Waals surface area contributed by atoms with E-state index in [1.165, 1.54) is 0 Å². The monoisotopic (exact) mass is 424 g/mol. The van der Waals surface area contributed by atoms with Crippen molar-refractivity contribution in [2.24, 2.45) is 0 Å². The molecule has 0 atom stereocenters. The molecule has 4 heterocycles. The average molecular weight is 425 g/mol. The van der Waals surface area contributed by atoms with E-state index in [9.17, 15) is 0 Å². The highest BCUT2D eigenvalue weighted by atomic mass is 35.5. The summed E-state index contributed by atoms with van der Waals surface area (Å²) in [5.41, 5.74) is 2.03. The predicted octanol–water partition coefficient (Wildman–Crippen LogP) is 5.10. The van der Waals surface area contributed by atoms with E-state index in [1.54, 1.807) is 23.7 Å². The zero-order valence-corrected chi connectivity index (χ0v) is 17.2. The van der Waals surface area contributed by atoms with Crippen LogP contribution >= 0.6 is 22.9 Å². The lowest BCUT2D eigenvalue weighted by molar-refractivity contribution is 0.174. The molecule has 0 spiro atoms. The molecule has 0 aliphatic carbocycles. The molecule has 0 fully saturated rings. The Morgan fingerprint density at radius 3 is 2.93 bits per heavy atom. The van der Waals surface area contributed by atoms with Crippen molar-refractivity contribution in [3.63, 3.8) is 0 Å². The standard InChI is InChI=1S/C21H17ClN4O2S/c1-12-18(22)17-20(24-8-6-13-4-5-15-16(9-13)28-11-27-15)25-19(26-21(17)29-12)14-3-2-7-23-10-14/h2-5,7,9-10H,6,8,11H2,1H3,(H,24,25,26). The first-order valence-corrected chi connectivity index (χ1v) is 10.4. The second-order valence-corrected chi connectivity index (χ2v) is 8.24. The maximum atomic E-state index is 6.55. The zero-order chi connectivity index (χ0) is 19.8. The number of aryl methyl sites for hydroxylation is 1. The van der Waals surface area contributed by atoms with Gasteiger partial charge < -0.3 is 14.8 Å². The van der Waals surface area contributed by atoms with E-state index in [2.05, 4.69) is 10.3 Å². The molecule has 0 saturated heterocycles. The number of ether oxygens (including phenoxy) is 2. The lowest BCUT2D eigenvalue weighted by atomic mass is 10.1. The minimum absolute atomic E-state index is 0.281. The van der Waals surface area contributed by atoms with Crippen molar-refractivity contribution < 1.29 is 9.47 Å². The van der Waals surface area contributed by atoms with Crippen molar-refractivity contribution in [3.8, 4) is 22.9 Å². The van der Waals surface area contributed by atoms with E-state index < -0.39 is 0 Å². The van der Waals surface area contributed by atoms with Gasteiger partial charge in [0.2, 0.25) is 6.79 Å². The van der Waals surface area contributed by atoms with Crippen LogP contribution in [0.1, 0.15) is 10.4 Å². The number of nitrogens with zero attached hydrogens (tertiary/aromatic N) is 3. The van der Waals surface area contributed by atoms with E-state index in [4.69, 9.17) is 31.0 Å². The number of thiophene rings is 1. The maximum Gasteiger partial charge on any atom is 0.231 e. The molecule has 0 bridgehead atoms. The van der Waals surface area contributed by atoms with E-state index in [0.717, 1.165) is 50.0 Å². The van der Waals surface area contributed by atoms with Crippen molar-refractivity contribution in [2.45, 2.75) is 13.3 Å². The molecule has 29 heavy (non-hydrogen) atoms. The molecule has 0 unspecified atom stereocenters. The number of nitrogens with one attached hydrogen (secondary N) is 1. The molecule has 0 amide bonds. The van der Waals surface area contributed by atoms with Gasteiger partial charge in [-0.1, -0.05) is 17.7 Å². The third kappa shape index (κ3) is 3.47. The van der Waals surface area contributed by atoms with Gasteiger partial charge in [-0.25, -0.2) is 9.97 Å². The Morgan fingerprint density at radius 1 is 1.17 bits per heavy atom. The maximum absolute atomic E-state index is 6.55. The molecule has 3 aromatic heterocycles. The van der Waals surface area contributed by atoms with Gasteiger partial charge in [-0.2, -0.15) is 0 Å². The third-order valence-corrected chi connectivity index (χ3v) is 6.30. The van der Waals surface area contributed by atoms with Crippen LogP contribution in [-0.4, -0.2) is 28.3 Å². The first kappa shape index (κ1) is 18.1. The summed E-state index contributed by atoms with van der Waals surface area (Å²) < 4.78 is 10.8. The Balaban J connectivity index is 1.43. The number of benzene rings is 1. The van der Waals surface area contributed by atoms with Crippen LogP contribution in [0.2, 0.25) is 5.02 Å². The first-order valence-electron chi connectivity index (χ1n) is 9.18. The predicted molar refractivity (Wildman–Crippen MR) is 115 cm³/mol. The highest BCUT2D eigenvalue weighted by molar-refractivity contribution is 7.19. The van der Waals surface area contributed by atoms with Gasteiger partial charge in [-0.3, -0.25) is 4.98 Å². The van der Waals surface area contributed by atoms with Crippen LogP contribution in [0.25, 0.3) is 21.6 Å². The summed E-state index contributed by atoms with van der Waals surface area (Å²) in [5, 5.41) is 5.02. The number of fused-ring (bicyclic) bond motifs is 2. The Hall–Kier alpha value is -2.90. The Kier molecular flexibility index (Phi) is 4.69. The van der Waals surface area contributed by atoms with Crippen LogP contribution in [-0.2, 0) is 6.42 Å². The van der Waals surface area contributed by atoms with Crippen molar-refractivity contribution in [1.29, 1.82) is 0 Å². The zero-order valence-electron chi connectivity index (χ0n) is 15.6. The van der Waals surface area contributed by atoms with Gasteiger partial charge in [-0.15, -0.1) is 11.3 Å². The fourth-order valence-electron chi connectivity index (χ4n) is 3.25. The number of rotatable bonds is 5. The smallest absolute Gasteiger partial charge is 0.231 e. The fourth-order valence-corrected chi connectivity index (χ4v) is 4.52. The molecule has 8 heteroatoms. The molecular formula is C21H17ClN4O2S. The molecule has 0 saturated carbocycles. The molecule has 6 nitrogen and oxygen atoms in total. The summed E-state index contributed by atoms with van der Waals surface area (Å²) in [7, 11) is 0. The highest BCUT2D eigenvalue weighted by Crippen LogP contribution is 2.38. The highest BCUT2D eigenvalue weighted by Gasteiger charge is 2.17. The molecule has 4 aromatic rings. The van der Waals surface area contributed by atoms with Crippen LogP contribution in [0, 0.1) is 6.92 Å². The lowest BCUT2D eigenvalue weighted by Gasteiger charge is -2.10. The average Bonchev–Trinajstić information content (AvgIpc) is 3.32. The van der Waals surface area contributed by atoms with E-state index in [-0.39, 0.29) is 6.79 Å².